The minimum Gasteiger partial charge on any atom is -0.406 e. The van der Waals surface area contributed by atoms with Crippen molar-refractivity contribution in [3.63, 3.8) is 0 Å². The second kappa shape index (κ2) is 6.21. The highest BCUT2D eigenvalue weighted by Gasteiger charge is 2.31. The average molecular weight is 306 g/mol. The van der Waals surface area contributed by atoms with Gasteiger partial charge in [-0.25, -0.2) is 4.79 Å². The Labute approximate surface area is 120 Å². The third-order valence-electron chi connectivity index (χ3n) is 2.31. The lowest BCUT2D eigenvalue weighted by Gasteiger charge is -2.25. The second-order valence-corrected chi connectivity index (χ2v) is 5.17. The molecule has 1 aromatic carbocycles. The van der Waals surface area contributed by atoms with Crippen molar-refractivity contribution >= 4 is 11.7 Å². The van der Waals surface area contributed by atoms with Gasteiger partial charge in [-0.15, -0.1) is 13.2 Å². The van der Waals surface area contributed by atoms with Gasteiger partial charge in [-0.05, 0) is 38.1 Å². The van der Waals surface area contributed by atoms with E-state index < -0.39 is 18.0 Å². The normalized spacial score (nSPS) is 12.0. The van der Waals surface area contributed by atoms with Crippen LogP contribution in [0.25, 0.3) is 0 Å². The molecule has 0 aromatic heterocycles. The van der Waals surface area contributed by atoms with Gasteiger partial charge in [0, 0.05) is 12.7 Å². The molecule has 0 saturated heterocycles. The van der Waals surface area contributed by atoms with Crippen LogP contribution in [0.4, 0.5) is 23.7 Å². The number of rotatable bonds is 4. The summed E-state index contributed by atoms with van der Waals surface area (Å²) in [6.07, 6.45) is -4.75. The zero-order chi connectivity index (χ0) is 16.3. The molecule has 0 saturated carbocycles. The van der Waals surface area contributed by atoms with Crippen LogP contribution < -0.4 is 10.1 Å². The Morgan fingerprint density at radius 1 is 1.29 bits per heavy atom. The van der Waals surface area contributed by atoms with Crippen molar-refractivity contribution in [2.45, 2.75) is 25.8 Å². The van der Waals surface area contributed by atoms with Crippen molar-refractivity contribution in [2.24, 2.45) is 0 Å². The summed E-state index contributed by atoms with van der Waals surface area (Å²) in [5.41, 5.74) is -0.728. The first-order valence-corrected chi connectivity index (χ1v) is 6.06. The molecule has 1 aromatic rings. The summed E-state index contributed by atoms with van der Waals surface area (Å²) in [5.74, 6) is -0.370. The van der Waals surface area contributed by atoms with E-state index in [2.05, 4.69) is 10.1 Å². The molecule has 0 aliphatic carbocycles. The maximum atomic E-state index is 12.0. The molecular weight excluding hydrogens is 289 g/mol. The molecule has 5 nitrogen and oxygen atoms in total. The molecule has 118 valence electrons. The minimum atomic E-state index is -4.75. The average Bonchev–Trinajstić information content (AvgIpc) is 2.27. The van der Waals surface area contributed by atoms with Gasteiger partial charge in [-0.3, -0.25) is 0 Å². The summed E-state index contributed by atoms with van der Waals surface area (Å²) in [7, 11) is 1.49. The van der Waals surface area contributed by atoms with Gasteiger partial charge in [0.2, 0.25) is 0 Å². The van der Waals surface area contributed by atoms with E-state index in [4.69, 9.17) is 0 Å². The van der Waals surface area contributed by atoms with E-state index in [0.717, 1.165) is 12.1 Å². The van der Waals surface area contributed by atoms with Crippen LogP contribution in [-0.2, 0) is 0 Å². The van der Waals surface area contributed by atoms with Crippen molar-refractivity contribution in [1.82, 2.24) is 4.90 Å². The summed E-state index contributed by atoms with van der Waals surface area (Å²) >= 11 is 0. The lowest BCUT2D eigenvalue weighted by atomic mass is 10.1. The number of anilines is 1. The van der Waals surface area contributed by atoms with Crippen LogP contribution in [0.15, 0.2) is 24.3 Å². The number of urea groups is 1. The van der Waals surface area contributed by atoms with Crippen molar-refractivity contribution < 1.29 is 27.8 Å². The third kappa shape index (κ3) is 6.84. The van der Waals surface area contributed by atoms with E-state index >= 15 is 0 Å². The number of hydrogen-bond donors (Lipinski definition) is 2. The van der Waals surface area contributed by atoms with E-state index in [1.54, 1.807) is 13.8 Å². The fourth-order valence-electron chi connectivity index (χ4n) is 1.61. The second-order valence-electron chi connectivity index (χ2n) is 5.17. The minimum absolute atomic E-state index is 0.105. The first-order valence-electron chi connectivity index (χ1n) is 6.06. The SMILES string of the molecule is CN(CC(C)(C)O)C(=O)Nc1ccc(OC(F)(F)F)cc1. The Morgan fingerprint density at radius 3 is 2.24 bits per heavy atom. The van der Waals surface area contributed by atoms with Crippen LogP contribution >= 0.6 is 0 Å². The molecule has 0 spiro atoms. The topological polar surface area (TPSA) is 61.8 Å². The first kappa shape index (κ1) is 17.1. The zero-order valence-electron chi connectivity index (χ0n) is 11.9. The molecule has 0 atom stereocenters. The molecule has 2 amide bonds. The van der Waals surface area contributed by atoms with Crippen LogP contribution in [0, 0.1) is 0 Å². The van der Waals surface area contributed by atoms with Crippen molar-refractivity contribution in [2.75, 3.05) is 18.9 Å². The number of carbonyl (C=O) groups is 1. The predicted molar refractivity (Wildman–Crippen MR) is 71.1 cm³/mol. The van der Waals surface area contributed by atoms with Gasteiger partial charge < -0.3 is 20.1 Å². The molecule has 0 aliphatic heterocycles. The summed E-state index contributed by atoms with van der Waals surface area (Å²) in [6, 6.07) is 4.29. The Morgan fingerprint density at radius 2 is 1.81 bits per heavy atom. The first-order chi connectivity index (χ1) is 9.46. The molecule has 0 bridgehead atoms. The molecule has 8 heteroatoms. The van der Waals surface area contributed by atoms with Gasteiger partial charge in [-0.2, -0.15) is 0 Å². The number of ether oxygens (including phenoxy) is 1. The van der Waals surface area contributed by atoms with Gasteiger partial charge in [-0.1, -0.05) is 0 Å². The number of amides is 2. The molecule has 0 fully saturated rings. The molecule has 1 rings (SSSR count). The largest absolute Gasteiger partial charge is 0.573 e. The van der Waals surface area contributed by atoms with Crippen molar-refractivity contribution in [3.05, 3.63) is 24.3 Å². The number of likely N-dealkylation sites (N-methyl/N-ethyl adjacent to an activating group) is 1. The number of alkyl halides is 3. The smallest absolute Gasteiger partial charge is 0.406 e. The van der Waals surface area contributed by atoms with Crippen LogP contribution in [0.5, 0.6) is 5.75 Å². The molecule has 2 N–H and O–H groups in total. The Balaban J connectivity index is 2.61. The quantitative estimate of drug-likeness (QED) is 0.899. The fraction of sp³-hybridized carbons (Fsp3) is 0.462. The van der Waals surface area contributed by atoms with Crippen LogP contribution in [0.1, 0.15) is 13.8 Å². The lowest BCUT2D eigenvalue weighted by Crippen LogP contribution is -2.41. The van der Waals surface area contributed by atoms with E-state index in [1.807, 2.05) is 0 Å². The van der Waals surface area contributed by atoms with E-state index in [1.165, 1.54) is 24.1 Å². The highest BCUT2D eigenvalue weighted by Crippen LogP contribution is 2.24. The molecule has 0 unspecified atom stereocenters. The van der Waals surface area contributed by atoms with Gasteiger partial charge in [0.1, 0.15) is 5.75 Å². The van der Waals surface area contributed by atoms with Crippen molar-refractivity contribution in [3.8, 4) is 5.75 Å². The number of aliphatic hydroxyl groups is 1. The summed E-state index contributed by atoms with van der Waals surface area (Å²) in [5, 5.41) is 12.1. The zero-order valence-corrected chi connectivity index (χ0v) is 11.9. The number of hydrogen-bond acceptors (Lipinski definition) is 3. The van der Waals surface area contributed by atoms with Gasteiger partial charge in [0.15, 0.2) is 0 Å². The number of nitrogens with zero attached hydrogens (tertiary/aromatic N) is 1. The maximum Gasteiger partial charge on any atom is 0.573 e. The Hall–Kier alpha value is -1.96. The van der Waals surface area contributed by atoms with Crippen molar-refractivity contribution in [1.29, 1.82) is 0 Å². The standard InChI is InChI=1S/C13H17F3N2O3/c1-12(2,20)8-18(3)11(19)17-9-4-6-10(7-5-9)21-13(14,15)16/h4-7,20H,8H2,1-3H3,(H,17,19). The van der Waals surface area contributed by atoms with E-state index in [0.29, 0.717) is 5.69 Å². The molecule has 21 heavy (non-hydrogen) atoms. The number of nitrogens with one attached hydrogen (secondary N) is 1. The molecular formula is C13H17F3N2O3. The Kier molecular flexibility index (Phi) is 5.06. The summed E-state index contributed by atoms with van der Waals surface area (Å²) in [4.78, 5) is 13.1. The fourth-order valence-corrected chi connectivity index (χ4v) is 1.61. The monoisotopic (exact) mass is 306 g/mol. The van der Waals surface area contributed by atoms with Crippen LogP contribution in [-0.4, -0.2) is 41.6 Å². The van der Waals surface area contributed by atoms with Crippen LogP contribution in [0.3, 0.4) is 0 Å². The number of carbonyl (C=O) groups excluding carboxylic acids is 1. The van der Waals surface area contributed by atoms with E-state index in [9.17, 15) is 23.1 Å². The number of benzene rings is 1. The van der Waals surface area contributed by atoms with E-state index in [-0.39, 0.29) is 12.3 Å². The van der Waals surface area contributed by atoms with Gasteiger partial charge in [0.25, 0.3) is 0 Å². The Bertz CT molecular complexity index is 481. The van der Waals surface area contributed by atoms with Gasteiger partial charge in [0.05, 0.1) is 12.1 Å². The highest BCUT2D eigenvalue weighted by molar-refractivity contribution is 5.89. The lowest BCUT2D eigenvalue weighted by molar-refractivity contribution is -0.274. The summed E-state index contributed by atoms with van der Waals surface area (Å²) < 4.78 is 39.7. The maximum absolute atomic E-state index is 12.0. The van der Waals surface area contributed by atoms with Gasteiger partial charge >= 0.3 is 12.4 Å². The molecule has 0 heterocycles. The van der Waals surface area contributed by atoms with Crippen LogP contribution in [0.2, 0.25) is 0 Å². The highest BCUT2D eigenvalue weighted by atomic mass is 19.4. The molecule has 0 aliphatic rings. The molecule has 0 radical (unpaired) electrons. The summed E-state index contributed by atoms with van der Waals surface area (Å²) in [6.45, 7) is 3.22. The number of halogens is 3. The predicted octanol–water partition coefficient (Wildman–Crippen LogP) is 2.82. The third-order valence-corrected chi connectivity index (χ3v) is 2.31.